The number of carbonyl (C=O) groups excluding carboxylic acids is 1. The topological polar surface area (TPSA) is 52.3 Å². The van der Waals surface area contributed by atoms with Crippen molar-refractivity contribution in [1.29, 1.82) is 0 Å². The summed E-state index contributed by atoms with van der Waals surface area (Å²) in [5.74, 6) is -1.03. The second-order valence-electron chi connectivity index (χ2n) is 4.05. The molecule has 0 atom stereocenters. The molecule has 20 heavy (non-hydrogen) atoms. The first-order valence-corrected chi connectivity index (χ1v) is 6.80. The Kier molecular flexibility index (Phi) is 4.62. The predicted molar refractivity (Wildman–Crippen MR) is 79.1 cm³/mol. The maximum Gasteiger partial charge on any atom is 0.338 e. The molecule has 0 heterocycles. The standard InChI is InChI=1S/C14H10BrClFNO2/c15-10-2-3-12(17)9(5-10)7-20-14(19)8-1-4-13(18)11(16)6-8/h1-6H,7,18H2. The molecule has 0 aromatic heterocycles. The highest BCUT2D eigenvalue weighted by atomic mass is 79.9. The maximum absolute atomic E-state index is 13.5. The van der Waals surface area contributed by atoms with Crippen LogP contribution in [0.4, 0.5) is 10.1 Å². The van der Waals surface area contributed by atoms with E-state index in [2.05, 4.69) is 15.9 Å². The lowest BCUT2D eigenvalue weighted by Crippen LogP contribution is -2.06. The number of rotatable bonds is 3. The molecular weight excluding hydrogens is 349 g/mol. The minimum absolute atomic E-state index is 0.161. The summed E-state index contributed by atoms with van der Waals surface area (Å²) < 4.78 is 19.2. The normalized spacial score (nSPS) is 10.3. The molecule has 0 amide bonds. The molecule has 0 spiro atoms. The van der Waals surface area contributed by atoms with Gasteiger partial charge in [0.2, 0.25) is 0 Å². The van der Waals surface area contributed by atoms with Crippen molar-refractivity contribution in [1.82, 2.24) is 0 Å². The molecule has 6 heteroatoms. The number of halogens is 3. The summed E-state index contributed by atoms with van der Waals surface area (Å²) in [4.78, 5) is 11.8. The number of hydrogen-bond acceptors (Lipinski definition) is 3. The molecule has 2 aromatic rings. The van der Waals surface area contributed by atoms with Crippen LogP contribution in [0.15, 0.2) is 40.9 Å². The quantitative estimate of drug-likeness (QED) is 0.661. The number of esters is 1. The average Bonchev–Trinajstić information content (AvgIpc) is 2.42. The third-order valence-corrected chi connectivity index (χ3v) is 3.42. The van der Waals surface area contributed by atoms with E-state index in [9.17, 15) is 9.18 Å². The van der Waals surface area contributed by atoms with Crippen LogP contribution in [0.3, 0.4) is 0 Å². The smallest absolute Gasteiger partial charge is 0.338 e. The highest BCUT2D eigenvalue weighted by molar-refractivity contribution is 9.10. The van der Waals surface area contributed by atoms with Gasteiger partial charge in [0.1, 0.15) is 12.4 Å². The van der Waals surface area contributed by atoms with Crippen molar-refractivity contribution in [2.24, 2.45) is 0 Å². The van der Waals surface area contributed by atoms with Crippen LogP contribution in [0, 0.1) is 5.82 Å². The number of benzene rings is 2. The Labute approximate surface area is 128 Å². The molecule has 0 aliphatic rings. The van der Waals surface area contributed by atoms with Crippen LogP contribution in [0.25, 0.3) is 0 Å². The van der Waals surface area contributed by atoms with Gasteiger partial charge >= 0.3 is 5.97 Å². The van der Waals surface area contributed by atoms with Gasteiger partial charge in [-0.3, -0.25) is 0 Å². The highest BCUT2D eigenvalue weighted by Gasteiger charge is 2.11. The fourth-order valence-electron chi connectivity index (χ4n) is 1.53. The van der Waals surface area contributed by atoms with Crippen LogP contribution in [0.5, 0.6) is 0 Å². The van der Waals surface area contributed by atoms with Gasteiger partial charge in [-0.1, -0.05) is 27.5 Å². The van der Waals surface area contributed by atoms with E-state index in [1.54, 1.807) is 12.1 Å². The van der Waals surface area contributed by atoms with Crippen molar-refractivity contribution >= 4 is 39.2 Å². The van der Waals surface area contributed by atoms with Gasteiger partial charge < -0.3 is 10.5 Å². The van der Waals surface area contributed by atoms with Crippen LogP contribution in [-0.4, -0.2) is 5.97 Å². The highest BCUT2D eigenvalue weighted by Crippen LogP contribution is 2.21. The zero-order valence-corrected chi connectivity index (χ0v) is 12.5. The Hall–Kier alpha value is -1.59. The van der Waals surface area contributed by atoms with E-state index >= 15 is 0 Å². The Morgan fingerprint density at radius 1 is 1.30 bits per heavy atom. The zero-order chi connectivity index (χ0) is 14.7. The molecular formula is C14H10BrClFNO2. The van der Waals surface area contributed by atoms with E-state index in [0.717, 1.165) is 0 Å². The number of nitrogens with two attached hydrogens (primary N) is 1. The fourth-order valence-corrected chi connectivity index (χ4v) is 2.12. The van der Waals surface area contributed by atoms with Crippen LogP contribution in [0.2, 0.25) is 5.02 Å². The van der Waals surface area contributed by atoms with Crippen molar-refractivity contribution in [3.8, 4) is 0 Å². The number of hydrogen-bond donors (Lipinski definition) is 1. The molecule has 0 aliphatic carbocycles. The second-order valence-corrected chi connectivity index (χ2v) is 5.37. The summed E-state index contributed by atoms with van der Waals surface area (Å²) in [6.45, 7) is -0.161. The number of carbonyl (C=O) groups is 1. The zero-order valence-electron chi connectivity index (χ0n) is 10.2. The van der Waals surface area contributed by atoms with Crippen molar-refractivity contribution < 1.29 is 13.9 Å². The van der Waals surface area contributed by atoms with Crippen LogP contribution in [-0.2, 0) is 11.3 Å². The van der Waals surface area contributed by atoms with Gasteiger partial charge in [0.25, 0.3) is 0 Å². The van der Waals surface area contributed by atoms with E-state index in [1.165, 1.54) is 24.3 Å². The Morgan fingerprint density at radius 3 is 2.75 bits per heavy atom. The van der Waals surface area contributed by atoms with Gasteiger partial charge in [-0.25, -0.2) is 9.18 Å². The third-order valence-electron chi connectivity index (χ3n) is 2.60. The van der Waals surface area contributed by atoms with Crippen LogP contribution < -0.4 is 5.73 Å². The lowest BCUT2D eigenvalue weighted by molar-refractivity contribution is 0.0469. The van der Waals surface area contributed by atoms with E-state index in [0.29, 0.717) is 10.2 Å². The van der Waals surface area contributed by atoms with E-state index in [-0.39, 0.29) is 22.8 Å². The van der Waals surface area contributed by atoms with Crippen molar-refractivity contribution in [2.45, 2.75) is 6.61 Å². The molecule has 2 N–H and O–H groups in total. The first kappa shape index (κ1) is 14.8. The van der Waals surface area contributed by atoms with Gasteiger partial charge in [-0.2, -0.15) is 0 Å². The molecule has 0 saturated carbocycles. The van der Waals surface area contributed by atoms with Crippen LogP contribution >= 0.6 is 27.5 Å². The minimum Gasteiger partial charge on any atom is -0.457 e. The molecule has 0 radical (unpaired) electrons. The molecule has 0 bridgehead atoms. The summed E-state index contributed by atoms with van der Waals surface area (Å²) in [5.41, 5.74) is 6.48. The molecule has 2 aromatic carbocycles. The number of nitrogen functional groups attached to an aromatic ring is 1. The lowest BCUT2D eigenvalue weighted by Gasteiger charge is -2.07. The van der Waals surface area contributed by atoms with Crippen molar-refractivity contribution in [2.75, 3.05) is 5.73 Å². The fraction of sp³-hybridized carbons (Fsp3) is 0.0714. The summed E-state index contributed by atoms with van der Waals surface area (Å²) in [6, 6.07) is 8.85. The van der Waals surface area contributed by atoms with Gasteiger partial charge in [-0.15, -0.1) is 0 Å². The number of ether oxygens (including phenoxy) is 1. The average molecular weight is 359 g/mol. The summed E-state index contributed by atoms with van der Waals surface area (Å²) >= 11 is 9.05. The second kappa shape index (κ2) is 6.24. The van der Waals surface area contributed by atoms with E-state index < -0.39 is 11.8 Å². The molecule has 0 saturated heterocycles. The third kappa shape index (κ3) is 3.49. The predicted octanol–water partition coefficient (Wildman–Crippen LogP) is 4.18. The molecule has 0 fully saturated rings. The monoisotopic (exact) mass is 357 g/mol. The van der Waals surface area contributed by atoms with Gasteiger partial charge in [0.05, 0.1) is 16.3 Å². The first-order valence-electron chi connectivity index (χ1n) is 5.63. The van der Waals surface area contributed by atoms with Gasteiger partial charge in [0, 0.05) is 10.0 Å². The number of anilines is 1. The molecule has 0 aliphatic heterocycles. The molecule has 3 nitrogen and oxygen atoms in total. The van der Waals surface area contributed by atoms with Crippen molar-refractivity contribution in [3.05, 3.63) is 62.8 Å². The van der Waals surface area contributed by atoms with E-state index in [1.807, 2.05) is 0 Å². The summed E-state index contributed by atoms with van der Waals surface area (Å²) in [7, 11) is 0. The first-order chi connectivity index (χ1) is 9.47. The largest absolute Gasteiger partial charge is 0.457 e. The molecule has 0 unspecified atom stereocenters. The Balaban J connectivity index is 2.08. The van der Waals surface area contributed by atoms with Crippen LogP contribution in [0.1, 0.15) is 15.9 Å². The Morgan fingerprint density at radius 2 is 2.05 bits per heavy atom. The SMILES string of the molecule is Nc1ccc(C(=O)OCc2cc(Br)ccc2F)cc1Cl. The Bertz CT molecular complexity index is 664. The lowest BCUT2D eigenvalue weighted by atomic mass is 10.2. The van der Waals surface area contributed by atoms with Crippen molar-refractivity contribution in [3.63, 3.8) is 0 Å². The maximum atomic E-state index is 13.5. The summed E-state index contributed by atoms with van der Waals surface area (Å²) in [5, 5.41) is 0.271. The van der Waals surface area contributed by atoms with E-state index in [4.69, 9.17) is 22.1 Å². The summed E-state index contributed by atoms with van der Waals surface area (Å²) in [6.07, 6.45) is 0. The van der Waals surface area contributed by atoms with Gasteiger partial charge in [-0.05, 0) is 36.4 Å². The molecule has 104 valence electrons. The van der Waals surface area contributed by atoms with Gasteiger partial charge in [0.15, 0.2) is 0 Å². The molecule has 2 rings (SSSR count). The minimum atomic E-state index is -0.591.